The van der Waals surface area contributed by atoms with E-state index in [0.717, 1.165) is 5.92 Å². The molecule has 3 N–H and O–H groups in total. The molecule has 0 amide bonds. The molecule has 0 aromatic carbocycles. The van der Waals surface area contributed by atoms with Gasteiger partial charge in [0.1, 0.15) is 0 Å². The molecule has 3 atom stereocenters. The smallest absolute Gasteiger partial charge is 0.0478 e. The molecule has 1 aromatic heterocycles. The molecule has 1 aliphatic rings. The van der Waals surface area contributed by atoms with E-state index in [9.17, 15) is 0 Å². The first-order valence-corrected chi connectivity index (χ1v) is 5.68. The number of aromatic amines is 1. The van der Waals surface area contributed by atoms with Crippen molar-refractivity contribution >= 4 is 0 Å². The highest BCUT2D eigenvalue weighted by molar-refractivity contribution is 5.10. The molecule has 3 unspecified atom stereocenters. The first-order chi connectivity index (χ1) is 6.79. The lowest BCUT2D eigenvalue weighted by molar-refractivity contribution is 0.217. The summed E-state index contributed by atoms with van der Waals surface area (Å²) in [5.41, 5.74) is 7.47. The molecule has 1 saturated carbocycles. The van der Waals surface area contributed by atoms with Crippen molar-refractivity contribution in [1.29, 1.82) is 0 Å². The van der Waals surface area contributed by atoms with Gasteiger partial charge in [-0.2, -0.15) is 0 Å². The van der Waals surface area contributed by atoms with E-state index in [0.29, 0.717) is 5.92 Å². The summed E-state index contributed by atoms with van der Waals surface area (Å²) in [6.07, 6.45) is 7.33. The van der Waals surface area contributed by atoms with Gasteiger partial charge >= 0.3 is 0 Å². The third kappa shape index (κ3) is 1.85. The largest absolute Gasteiger partial charge is 0.364 e. The van der Waals surface area contributed by atoms with Gasteiger partial charge in [0.05, 0.1) is 0 Å². The van der Waals surface area contributed by atoms with Crippen LogP contribution in [0.5, 0.6) is 0 Å². The average Bonchev–Trinajstić information content (AvgIpc) is 2.70. The Balaban J connectivity index is 2.06. The Hall–Kier alpha value is -0.760. The van der Waals surface area contributed by atoms with Gasteiger partial charge < -0.3 is 10.7 Å². The van der Waals surface area contributed by atoms with Crippen LogP contribution in [0.3, 0.4) is 0 Å². The van der Waals surface area contributed by atoms with Crippen LogP contribution in [0.2, 0.25) is 0 Å². The Morgan fingerprint density at radius 1 is 1.43 bits per heavy atom. The molecule has 0 spiro atoms. The number of aromatic nitrogens is 1. The Morgan fingerprint density at radius 3 is 2.86 bits per heavy atom. The molecule has 0 bridgehead atoms. The van der Waals surface area contributed by atoms with Gasteiger partial charge in [0, 0.05) is 17.9 Å². The molecule has 78 valence electrons. The van der Waals surface area contributed by atoms with E-state index in [4.69, 9.17) is 5.73 Å². The highest BCUT2D eigenvalue weighted by atomic mass is 14.8. The van der Waals surface area contributed by atoms with Gasteiger partial charge in [0.2, 0.25) is 0 Å². The number of hydrogen-bond donors (Lipinski definition) is 2. The molecule has 0 aliphatic heterocycles. The Kier molecular flexibility index (Phi) is 2.92. The van der Waals surface area contributed by atoms with Crippen LogP contribution >= 0.6 is 0 Å². The number of nitrogens with one attached hydrogen (secondary N) is 1. The van der Waals surface area contributed by atoms with Crippen LogP contribution in [0.4, 0.5) is 0 Å². The summed E-state index contributed by atoms with van der Waals surface area (Å²) in [4.78, 5) is 3.23. The Bertz CT molecular complexity index is 266. The average molecular weight is 192 g/mol. The SMILES string of the molecule is CC1CCCCC1C(N)c1ccc[nH]1. The van der Waals surface area contributed by atoms with Gasteiger partial charge in [-0.15, -0.1) is 0 Å². The lowest BCUT2D eigenvalue weighted by Gasteiger charge is -2.32. The van der Waals surface area contributed by atoms with Crippen molar-refractivity contribution in [2.24, 2.45) is 17.6 Å². The molecular formula is C12H20N2. The monoisotopic (exact) mass is 192 g/mol. The number of hydrogen-bond acceptors (Lipinski definition) is 1. The molecule has 0 saturated heterocycles. The minimum Gasteiger partial charge on any atom is -0.364 e. The third-order valence-electron chi connectivity index (χ3n) is 3.62. The van der Waals surface area contributed by atoms with Crippen molar-refractivity contribution < 1.29 is 0 Å². The summed E-state index contributed by atoms with van der Waals surface area (Å²) in [7, 11) is 0. The summed E-state index contributed by atoms with van der Waals surface area (Å²) in [5.74, 6) is 1.45. The molecular weight excluding hydrogens is 172 g/mol. The quantitative estimate of drug-likeness (QED) is 0.743. The van der Waals surface area contributed by atoms with Gasteiger partial charge in [0.15, 0.2) is 0 Å². The molecule has 1 aliphatic carbocycles. The van der Waals surface area contributed by atoms with Crippen LogP contribution in [-0.4, -0.2) is 4.98 Å². The molecule has 2 heteroatoms. The van der Waals surface area contributed by atoms with Crippen molar-refractivity contribution in [2.45, 2.75) is 38.6 Å². The Morgan fingerprint density at radius 2 is 2.21 bits per heavy atom. The predicted molar refractivity (Wildman–Crippen MR) is 58.8 cm³/mol. The van der Waals surface area contributed by atoms with Crippen LogP contribution in [0, 0.1) is 11.8 Å². The minimum absolute atomic E-state index is 0.209. The minimum atomic E-state index is 0.209. The second-order valence-electron chi connectivity index (χ2n) is 4.58. The maximum atomic E-state index is 6.27. The predicted octanol–water partition coefficient (Wildman–Crippen LogP) is 2.84. The normalized spacial score (nSPS) is 30.1. The van der Waals surface area contributed by atoms with Gasteiger partial charge in [-0.05, 0) is 30.4 Å². The van der Waals surface area contributed by atoms with E-state index in [1.165, 1.54) is 31.4 Å². The fourth-order valence-corrected chi connectivity index (χ4v) is 2.66. The first-order valence-electron chi connectivity index (χ1n) is 5.68. The number of nitrogens with two attached hydrogens (primary N) is 1. The van der Waals surface area contributed by atoms with Gasteiger partial charge in [-0.25, -0.2) is 0 Å². The molecule has 2 nitrogen and oxygen atoms in total. The van der Waals surface area contributed by atoms with Crippen molar-refractivity contribution in [3.8, 4) is 0 Å². The first kappa shape index (κ1) is 9.78. The third-order valence-corrected chi connectivity index (χ3v) is 3.62. The van der Waals surface area contributed by atoms with Crippen molar-refractivity contribution in [1.82, 2.24) is 4.98 Å². The fourth-order valence-electron chi connectivity index (χ4n) is 2.66. The van der Waals surface area contributed by atoms with Crippen molar-refractivity contribution in [3.63, 3.8) is 0 Å². The summed E-state index contributed by atoms with van der Waals surface area (Å²) >= 11 is 0. The second kappa shape index (κ2) is 4.18. The summed E-state index contributed by atoms with van der Waals surface area (Å²) in [5, 5.41) is 0. The molecule has 1 fully saturated rings. The van der Waals surface area contributed by atoms with E-state index in [-0.39, 0.29) is 6.04 Å². The van der Waals surface area contributed by atoms with Gasteiger partial charge in [-0.3, -0.25) is 0 Å². The summed E-state index contributed by atoms with van der Waals surface area (Å²) in [6.45, 7) is 2.34. The number of H-pyrrole nitrogens is 1. The van der Waals surface area contributed by atoms with Crippen LogP contribution in [0.1, 0.15) is 44.3 Å². The van der Waals surface area contributed by atoms with Crippen LogP contribution in [-0.2, 0) is 0 Å². The van der Waals surface area contributed by atoms with E-state index in [1.54, 1.807) is 0 Å². The molecule has 1 aromatic rings. The van der Waals surface area contributed by atoms with E-state index < -0.39 is 0 Å². The molecule has 14 heavy (non-hydrogen) atoms. The summed E-state index contributed by atoms with van der Waals surface area (Å²) in [6, 6.07) is 4.34. The van der Waals surface area contributed by atoms with Gasteiger partial charge in [0.25, 0.3) is 0 Å². The van der Waals surface area contributed by atoms with Crippen molar-refractivity contribution in [3.05, 3.63) is 24.0 Å². The molecule has 1 heterocycles. The van der Waals surface area contributed by atoms with Crippen LogP contribution < -0.4 is 5.73 Å². The van der Waals surface area contributed by atoms with Crippen molar-refractivity contribution in [2.75, 3.05) is 0 Å². The van der Waals surface area contributed by atoms with E-state index in [1.807, 2.05) is 12.3 Å². The maximum absolute atomic E-state index is 6.27. The zero-order valence-electron chi connectivity index (χ0n) is 8.87. The standard InChI is InChI=1S/C12H20N2/c1-9-5-2-3-6-10(9)12(13)11-7-4-8-14-11/h4,7-10,12,14H,2-3,5-6,13H2,1H3. The van der Waals surface area contributed by atoms with Crippen LogP contribution in [0.15, 0.2) is 18.3 Å². The lowest BCUT2D eigenvalue weighted by Crippen LogP contribution is -2.29. The highest BCUT2D eigenvalue weighted by Gasteiger charge is 2.27. The summed E-state index contributed by atoms with van der Waals surface area (Å²) < 4.78 is 0. The molecule has 0 radical (unpaired) electrons. The molecule has 2 rings (SSSR count). The fraction of sp³-hybridized carbons (Fsp3) is 0.667. The lowest BCUT2D eigenvalue weighted by atomic mass is 9.76. The zero-order valence-corrected chi connectivity index (χ0v) is 8.87. The van der Waals surface area contributed by atoms with Gasteiger partial charge in [-0.1, -0.05) is 26.2 Å². The van der Waals surface area contributed by atoms with E-state index >= 15 is 0 Å². The second-order valence-corrected chi connectivity index (χ2v) is 4.58. The zero-order chi connectivity index (χ0) is 9.97. The Labute approximate surface area is 85.9 Å². The number of rotatable bonds is 2. The van der Waals surface area contributed by atoms with Crippen LogP contribution in [0.25, 0.3) is 0 Å². The van der Waals surface area contributed by atoms with E-state index in [2.05, 4.69) is 18.0 Å². The topological polar surface area (TPSA) is 41.8 Å². The maximum Gasteiger partial charge on any atom is 0.0478 e. The highest BCUT2D eigenvalue weighted by Crippen LogP contribution is 2.36.